The van der Waals surface area contributed by atoms with Crippen LogP contribution in [0.2, 0.25) is 0 Å². The highest BCUT2D eigenvalue weighted by Crippen LogP contribution is 1.98. The van der Waals surface area contributed by atoms with Crippen molar-refractivity contribution in [1.82, 2.24) is 15.6 Å². The van der Waals surface area contributed by atoms with Gasteiger partial charge in [0, 0.05) is 24.5 Å². The van der Waals surface area contributed by atoms with Gasteiger partial charge in [0.2, 0.25) is 5.91 Å². The molecule has 0 saturated carbocycles. The quantitative estimate of drug-likeness (QED) is 0.774. The Bertz CT molecular complexity index is 358. The molecular weight excluding hydrogens is 226 g/mol. The first-order chi connectivity index (χ1) is 8.65. The van der Waals surface area contributed by atoms with Gasteiger partial charge in [0.25, 0.3) is 0 Å². The van der Waals surface area contributed by atoms with E-state index >= 15 is 0 Å². The van der Waals surface area contributed by atoms with Gasteiger partial charge >= 0.3 is 0 Å². The number of rotatable bonds is 7. The summed E-state index contributed by atoms with van der Waals surface area (Å²) < 4.78 is 0. The number of nitrogens with one attached hydrogen (secondary N) is 2. The molecule has 1 rings (SSSR count). The molecular formula is C14H23N3O. The second-order valence-corrected chi connectivity index (χ2v) is 4.49. The van der Waals surface area contributed by atoms with E-state index in [1.807, 2.05) is 25.3 Å². The van der Waals surface area contributed by atoms with E-state index in [1.54, 1.807) is 0 Å². The molecule has 18 heavy (non-hydrogen) atoms. The fourth-order valence-electron chi connectivity index (χ4n) is 1.69. The van der Waals surface area contributed by atoms with E-state index in [0.29, 0.717) is 19.1 Å². The first-order valence-electron chi connectivity index (χ1n) is 6.57. The van der Waals surface area contributed by atoms with E-state index in [-0.39, 0.29) is 5.91 Å². The number of pyridine rings is 1. The van der Waals surface area contributed by atoms with Crippen LogP contribution in [0.15, 0.2) is 18.3 Å². The number of hydrogen-bond donors (Lipinski definition) is 2. The highest BCUT2D eigenvalue weighted by atomic mass is 16.1. The summed E-state index contributed by atoms with van der Waals surface area (Å²) in [6.07, 6.45) is 3.79. The molecule has 0 spiro atoms. The van der Waals surface area contributed by atoms with E-state index in [4.69, 9.17) is 0 Å². The van der Waals surface area contributed by atoms with Crippen molar-refractivity contribution in [3.8, 4) is 0 Å². The summed E-state index contributed by atoms with van der Waals surface area (Å²) in [6, 6.07) is 4.29. The van der Waals surface area contributed by atoms with E-state index in [9.17, 15) is 4.79 Å². The van der Waals surface area contributed by atoms with Gasteiger partial charge < -0.3 is 10.6 Å². The normalized spacial score (nSPS) is 10.7. The van der Waals surface area contributed by atoms with Crippen LogP contribution < -0.4 is 10.6 Å². The maximum Gasteiger partial charge on any atom is 0.234 e. The summed E-state index contributed by atoms with van der Waals surface area (Å²) in [5.41, 5.74) is 2.10. The van der Waals surface area contributed by atoms with Crippen molar-refractivity contribution < 1.29 is 4.79 Å². The number of nitrogens with zero attached hydrogens (tertiary/aromatic N) is 1. The molecule has 1 aromatic heterocycles. The van der Waals surface area contributed by atoms with Crippen LogP contribution in [-0.2, 0) is 11.3 Å². The first kappa shape index (κ1) is 14.6. The van der Waals surface area contributed by atoms with E-state index in [1.165, 1.54) is 0 Å². The summed E-state index contributed by atoms with van der Waals surface area (Å²) in [7, 11) is 0. The van der Waals surface area contributed by atoms with Gasteiger partial charge in [-0.2, -0.15) is 0 Å². The third-order valence-electron chi connectivity index (χ3n) is 2.94. The summed E-state index contributed by atoms with van der Waals surface area (Å²) >= 11 is 0. The molecule has 0 aliphatic carbocycles. The van der Waals surface area contributed by atoms with Crippen LogP contribution in [-0.4, -0.2) is 23.5 Å². The summed E-state index contributed by atoms with van der Waals surface area (Å²) in [5, 5.41) is 6.12. The van der Waals surface area contributed by atoms with Crippen molar-refractivity contribution >= 4 is 5.91 Å². The van der Waals surface area contributed by atoms with Gasteiger partial charge in [-0.05, 0) is 31.4 Å². The Hall–Kier alpha value is -1.42. The number of amides is 1. The van der Waals surface area contributed by atoms with Crippen LogP contribution in [0.25, 0.3) is 0 Å². The molecule has 1 heterocycles. The lowest BCUT2D eigenvalue weighted by molar-refractivity contribution is -0.121. The molecule has 0 atom stereocenters. The topological polar surface area (TPSA) is 54.0 Å². The predicted molar refractivity (Wildman–Crippen MR) is 73.2 cm³/mol. The number of aryl methyl sites for hydroxylation is 1. The maximum absolute atomic E-state index is 11.6. The summed E-state index contributed by atoms with van der Waals surface area (Å²) in [5.74, 6) is 0.0590. The van der Waals surface area contributed by atoms with Crippen molar-refractivity contribution in [2.75, 3.05) is 6.54 Å². The monoisotopic (exact) mass is 249 g/mol. The molecule has 0 bridgehead atoms. The fraction of sp³-hybridized carbons (Fsp3) is 0.571. The van der Waals surface area contributed by atoms with Crippen LogP contribution in [0.3, 0.4) is 0 Å². The molecule has 0 aliphatic heterocycles. The molecule has 0 unspecified atom stereocenters. The zero-order valence-electron chi connectivity index (χ0n) is 11.5. The van der Waals surface area contributed by atoms with Gasteiger partial charge in [0.15, 0.2) is 0 Å². The second-order valence-electron chi connectivity index (χ2n) is 4.49. The predicted octanol–water partition coefficient (Wildman–Crippen LogP) is 1.78. The van der Waals surface area contributed by atoms with Crippen molar-refractivity contribution in [1.29, 1.82) is 0 Å². The van der Waals surface area contributed by atoms with Crippen LogP contribution in [0, 0.1) is 6.92 Å². The Balaban J connectivity index is 2.25. The number of hydrogen-bond acceptors (Lipinski definition) is 3. The number of carbonyl (C=O) groups is 1. The molecule has 0 aliphatic rings. The average molecular weight is 249 g/mol. The van der Waals surface area contributed by atoms with E-state index in [2.05, 4.69) is 29.5 Å². The smallest absolute Gasteiger partial charge is 0.234 e. The maximum atomic E-state index is 11.6. The molecule has 100 valence electrons. The number of carbonyl (C=O) groups excluding carboxylic acids is 1. The molecule has 0 fully saturated rings. The van der Waals surface area contributed by atoms with Gasteiger partial charge in [0.05, 0.1) is 6.54 Å². The third-order valence-corrected chi connectivity index (χ3v) is 2.94. The van der Waals surface area contributed by atoms with Crippen LogP contribution in [0.1, 0.15) is 37.9 Å². The standard InChI is InChI=1S/C14H23N3O/c1-4-13(5-2)17-14(18)10-15-8-12-7-6-11(3)16-9-12/h6-7,9,13,15H,4-5,8,10H2,1-3H3,(H,17,18). The zero-order valence-corrected chi connectivity index (χ0v) is 11.5. The van der Waals surface area contributed by atoms with Crippen molar-refractivity contribution in [2.45, 2.75) is 46.2 Å². The molecule has 1 aromatic rings. The van der Waals surface area contributed by atoms with E-state index in [0.717, 1.165) is 24.1 Å². The Morgan fingerprint density at radius 3 is 2.61 bits per heavy atom. The summed E-state index contributed by atoms with van der Waals surface area (Å²) in [6.45, 7) is 7.15. The second kappa shape index (κ2) is 7.82. The third kappa shape index (κ3) is 5.27. The minimum Gasteiger partial charge on any atom is -0.352 e. The number of aromatic nitrogens is 1. The molecule has 4 nitrogen and oxygen atoms in total. The van der Waals surface area contributed by atoms with Gasteiger partial charge in [-0.25, -0.2) is 0 Å². The van der Waals surface area contributed by atoms with Crippen LogP contribution >= 0.6 is 0 Å². The lowest BCUT2D eigenvalue weighted by atomic mass is 10.2. The largest absolute Gasteiger partial charge is 0.352 e. The SMILES string of the molecule is CCC(CC)NC(=O)CNCc1ccc(C)nc1. The van der Waals surface area contributed by atoms with Crippen molar-refractivity contribution in [3.63, 3.8) is 0 Å². The zero-order chi connectivity index (χ0) is 13.4. The van der Waals surface area contributed by atoms with Gasteiger partial charge in [-0.15, -0.1) is 0 Å². The average Bonchev–Trinajstić information content (AvgIpc) is 2.38. The van der Waals surface area contributed by atoms with Gasteiger partial charge in [0.1, 0.15) is 0 Å². The highest BCUT2D eigenvalue weighted by molar-refractivity contribution is 5.78. The van der Waals surface area contributed by atoms with Gasteiger partial charge in [-0.1, -0.05) is 19.9 Å². The molecule has 0 saturated heterocycles. The Kier molecular flexibility index (Phi) is 6.36. The Labute approximate surface area is 109 Å². The fourth-order valence-corrected chi connectivity index (χ4v) is 1.69. The molecule has 0 aromatic carbocycles. The van der Waals surface area contributed by atoms with Crippen molar-refractivity contribution in [2.24, 2.45) is 0 Å². The molecule has 2 N–H and O–H groups in total. The van der Waals surface area contributed by atoms with E-state index < -0.39 is 0 Å². The molecule has 1 amide bonds. The van der Waals surface area contributed by atoms with Crippen molar-refractivity contribution in [3.05, 3.63) is 29.6 Å². The minimum absolute atomic E-state index is 0.0590. The molecule has 4 heteroatoms. The lowest BCUT2D eigenvalue weighted by Crippen LogP contribution is -2.39. The Morgan fingerprint density at radius 2 is 2.06 bits per heavy atom. The van der Waals surface area contributed by atoms with Crippen LogP contribution in [0.4, 0.5) is 0 Å². The van der Waals surface area contributed by atoms with Crippen LogP contribution in [0.5, 0.6) is 0 Å². The molecule has 0 radical (unpaired) electrons. The lowest BCUT2D eigenvalue weighted by Gasteiger charge is -2.14. The first-order valence-corrected chi connectivity index (χ1v) is 6.57. The Morgan fingerprint density at radius 1 is 1.33 bits per heavy atom. The highest BCUT2D eigenvalue weighted by Gasteiger charge is 2.07. The summed E-state index contributed by atoms with van der Waals surface area (Å²) in [4.78, 5) is 15.8. The minimum atomic E-state index is 0.0590. The van der Waals surface area contributed by atoms with Gasteiger partial charge in [-0.3, -0.25) is 9.78 Å².